The van der Waals surface area contributed by atoms with Crippen molar-refractivity contribution < 1.29 is 108 Å². The number of aliphatic carboxylic acids is 2. The zero-order valence-corrected chi connectivity index (χ0v) is 16.5. The van der Waals surface area contributed by atoms with Crippen molar-refractivity contribution in [1.82, 2.24) is 0 Å². The minimum absolute atomic E-state index is 0. The first-order chi connectivity index (χ1) is 7.87. The normalized spacial score (nSPS) is 14.5. The minimum atomic E-state index is -5.10. The van der Waals surface area contributed by atoms with E-state index >= 15 is 0 Å². The van der Waals surface area contributed by atoms with Crippen LogP contribution in [-0.2, 0) is 9.59 Å². The summed E-state index contributed by atoms with van der Waals surface area (Å²) in [6.45, 7) is 0. The van der Waals surface area contributed by atoms with Gasteiger partial charge in [-0.1, -0.05) is 0 Å². The first-order valence-corrected chi connectivity index (χ1v) is 7.75. The largest absolute Gasteiger partial charge is 1.00 e. The average molecular weight is 350 g/mol. The van der Waals surface area contributed by atoms with Crippen molar-refractivity contribution in [3.8, 4) is 0 Å². The van der Waals surface area contributed by atoms with Crippen LogP contribution in [0.4, 0.5) is 0 Å². The van der Waals surface area contributed by atoms with Gasteiger partial charge in [0.15, 0.2) is 11.3 Å². The zero-order valence-electron chi connectivity index (χ0n) is 10.7. The van der Waals surface area contributed by atoms with Gasteiger partial charge in [-0.15, -0.1) is 0 Å². The maximum atomic E-state index is 10.7. The van der Waals surface area contributed by atoms with E-state index in [1.165, 1.54) is 0 Å². The summed E-state index contributed by atoms with van der Waals surface area (Å²) < 4.78 is 0. The Morgan fingerprint density at radius 2 is 1.00 bits per heavy atom. The van der Waals surface area contributed by atoms with Crippen LogP contribution in [0.3, 0.4) is 0 Å². The minimum Gasteiger partial charge on any atom is -0.631 e. The Labute approximate surface area is 159 Å². The second kappa shape index (κ2) is 10.4. The van der Waals surface area contributed by atoms with Gasteiger partial charge in [-0.05, 0) is 12.8 Å². The molecule has 106 valence electrons. The van der Waals surface area contributed by atoms with Crippen LogP contribution in [0.1, 0.15) is 12.8 Å². The smallest absolute Gasteiger partial charge is 0.631 e. The van der Waals surface area contributed by atoms with Crippen LogP contribution in [0.2, 0.25) is 0 Å². The second-order valence-electron chi connectivity index (χ2n) is 3.43. The van der Waals surface area contributed by atoms with Crippen molar-refractivity contribution in [2.45, 2.75) is 24.2 Å². The van der Waals surface area contributed by atoms with E-state index in [9.17, 15) is 29.6 Å². The van der Waals surface area contributed by atoms with Crippen LogP contribution >= 0.6 is 15.9 Å². The van der Waals surface area contributed by atoms with E-state index in [1.807, 2.05) is 0 Å². The van der Waals surface area contributed by atoms with Crippen LogP contribution in [0.15, 0.2) is 0 Å². The van der Waals surface area contributed by atoms with Gasteiger partial charge in [0.05, 0.1) is 11.9 Å². The number of carboxylic acids is 2. The van der Waals surface area contributed by atoms with Gasteiger partial charge >= 0.3 is 59.1 Å². The van der Waals surface area contributed by atoms with E-state index in [4.69, 9.17) is 19.6 Å². The van der Waals surface area contributed by atoms with Crippen molar-refractivity contribution in [3.05, 3.63) is 0 Å². The number of hydrogen-bond acceptors (Lipinski definition) is 10. The molecule has 0 radical (unpaired) electrons. The van der Waals surface area contributed by atoms with Gasteiger partial charge in [0, 0.05) is 0 Å². The molecule has 0 saturated carbocycles. The summed E-state index contributed by atoms with van der Waals surface area (Å²) in [4.78, 5) is 76.8. The van der Waals surface area contributed by atoms with Gasteiger partial charge in [0.2, 0.25) is 15.9 Å². The molecular weight excluding hydrogens is 340 g/mol. The fourth-order valence-corrected chi connectivity index (χ4v) is 2.68. The topological polar surface area (TPSA) is 207 Å². The molecule has 0 aromatic rings. The van der Waals surface area contributed by atoms with Gasteiger partial charge in [-0.25, -0.2) is 19.6 Å². The Balaban J connectivity index is -0.00000144. The van der Waals surface area contributed by atoms with E-state index in [0.717, 1.165) is 0 Å². The Kier molecular flexibility index (Phi) is 13.7. The Morgan fingerprint density at radius 3 is 1.10 bits per heavy atom. The molecule has 0 spiro atoms. The number of carboxylic acid groups (broad SMARTS) is 2. The summed E-state index contributed by atoms with van der Waals surface area (Å²) in [5.74, 6) is -4.27. The summed E-state index contributed by atoms with van der Waals surface area (Å²) in [6, 6.07) is 0. The van der Waals surface area contributed by atoms with E-state index in [1.54, 1.807) is 0 Å². The fourth-order valence-electron chi connectivity index (χ4n) is 1.16. The Hall–Kier alpha value is 1.56. The molecule has 10 nitrogen and oxygen atoms in total. The number of carbonyl (C=O) groups excluding carboxylic acids is 2. The average Bonchev–Trinajstić information content (AvgIpc) is 2.05. The SMILES string of the molecule is O=C([O-])C(CCC(C(=O)[O-])[P+]([O-])(O)O)[P+]([O-])(O)O.[Na+].[Na+]. The molecule has 0 aliphatic carbocycles. The van der Waals surface area contributed by atoms with Crippen LogP contribution < -0.4 is 79.1 Å². The monoisotopic (exact) mass is 350 g/mol. The summed E-state index contributed by atoms with van der Waals surface area (Å²) in [5.41, 5.74) is -4.66. The van der Waals surface area contributed by atoms with Crippen molar-refractivity contribution in [2.75, 3.05) is 0 Å². The third-order valence-electron chi connectivity index (χ3n) is 2.07. The van der Waals surface area contributed by atoms with E-state index in [-0.39, 0.29) is 59.1 Å². The van der Waals surface area contributed by atoms with Crippen LogP contribution in [-0.4, -0.2) is 42.8 Å². The van der Waals surface area contributed by atoms with Gasteiger partial charge in [-0.3, -0.25) is 0 Å². The van der Waals surface area contributed by atoms with Crippen LogP contribution in [0.5, 0.6) is 0 Å². The third-order valence-corrected chi connectivity index (χ3v) is 4.63. The molecule has 0 rings (SSSR count). The van der Waals surface area contributed by atoms with Crippen LogP contribution in [0, 0.1) is 0 Å². The van der Waals surface area contributed by atoms with Crippen molar-refractivity contribution in [2.24, 2.45) is 0 Å². The standard InChI is InChI=1S/C6H12O10P2.2Na/c7-5(8)3(17(11,12)13)1-2-4(6(9)10)18(14,15)16;;/h3-4H,1-2H2,(H,7,8)(H,9,10)(H2,11,12,13)(H2,14,15,16);;/q;2*+1/p-2. The molecule has 0 aromatic heterocycles. The van der Waals surface area contributed by atoms with Crippen molar-refractivity contribution in [1.29, 1.82) is 0 Å². The molecule has 2 unspecified atom stereocenters. The Morgan fingerprint density at radius 1 is 0.800 bits per heavy atom. The third kappa shape index (κ3) is 9.55. The molecule has 20 heavy (non-hydrogen) atoms. The number of carbonyl (C=O) groups is 2. The first kappa shape index (κ1) is 26.5. The predicted octanol–water partition coefficient (Wildman–Crippen LogP) is -11.8. The molecule has 0 aliphatic heterocycles. The Bertz CT molecular complexity index is 295. The van der Waals surface area contributed by atoms with E-state index in [0.29, 0.717) is 0 Å². The molecular formula is C6H10Na2O10P2. The number of rotatable bonds is 7. The molecule has 0 aromatic carbocycles. The molecule has 0 aliphatic rings. The molecule has 0 heterocycles. The van der Waals surface area contributed by atoms with Gasteiger partial charge in [0.25, 0.3) is 0 Å². The molecule has 2 atom stereocenters. The quantitative estimate of drug-likeness (QED) is 0.252. The molecule has 0 fully saturated rings. The molecule has 14 heteroatoms. The summed E-state index contributed by atoms with van der Waals surface area (Å²) >= 11 is 0. The van der Waals surface area contributed by atoms with Gasteiger partial charge in [0.1, 0.15) is 0 Å². The van der Waals surface area contributed by atoms with Gasteiger partial charge in [-0.2, -0.15) is 0 Å². The second-order valence-corrected chi connectivity index (χ2v) is 7.03. The molecule has 0 bridgehead atoms. The maximum absolute atomic E-state index is 10.7. The van der Waals surface area contributed by atoms with Crippen LogP contribution in [0.25, 0.3) is 0 Å². The van der Waals surface area contributed by atoms with E-state index < -0.39 is 52.0 Å². The first-order valence-electron chi connectivity index (χ1n) is 4.39. The fraction of sp³-hybridized carbons (Fsp3) is 0.667. The maximum Gasteiger partial charge on any atom is 1.00 e. The van der Waals surface area contributed by atoms with Crippen molar-refractivity contribution >= 4 is 27.8 Å². The molecule has 4 N–H and O–H groups in total. The van der Waals surface area contributed by atoms with Gasteiger partial charge < -0.3 is 29.6 Å². The predicted molar refractivity (Wildman–Crippen MR) is 49.5 cm³/mol. The number of hydrogen-bond donors (Lipinski definition) is 4. The van der Waals surface area contributed by atoms with E-state index in [2.05, 4.69) is 0 Å². The summed E-state index contributed by atoms with van der Waals surface area (Å²) in [5, 5.41) is 20.8. The molecule has 0 saturated heterocycles. The van der Waals surface area contributed by atoms with Crippen molar-refractivity contribution in [3.63, 3.8) is 0 Å². The molecule has 0 amide bonds. The summed E-state index contributed by atoms with van der Waals surface area (Å²) in [6.07, 6.45) is -1.92. The zero-order chi connectivity index (χ0) is 14.7. The summed E-state index contributed by atoms with van der Waals surface area (Å²) in [7, 11) is -10.2.